The molecule has 18 heavy (non-hydrogen) atoms. The van der Waals surface area contributed by atoms with E-state index in [0.29, 0.717) is 16.5 Å². The van der Waals surface area contributed by atoms with E-state index in [2.05, 4.69) is 5.32 Å². The number of halogens is 2. The lowest BCUT2D eigenvalue weighted by molar-refractivity contribution is -0.121. The van der Waals surface area contributed by atoms with Crippen LogP contribution in [0, 0.1) is 0 Å². The van der Waals surface area contributed by atoms with Crippen molar-refractivity contribution in [3.8, 4) is 0 Å². The number of aliphatic hydroxyl groups is 1. The van der Waals surface area contributed by atoms with E-state index in [4.69, 9.17) is 28.3 Å². The molecular weight excluding hydrogens is 273 g/mol. The highest BCUT2D eigenvalue weighted by Crippen LogP contribution is 2.22. The second-order valence-corrected chi connectivity index (χ2v) is 4.92. The quantitative estimate of drug-likeness (QED) is 0.846. The highest BCUT2D eigenvalue weighted by molar-refractivity contribution is 6.42. The number of aliphatic hydroxyl groups excluding tert-OH is 1. The Morgan fingerprint density at radius 3 is 2.67 bits per heavy atom. The van der Waals surface area contributed by atoms with Crippen molar-refractivity contribution in [1.82, 2.24) is 5.32 Å². The Morgan fingerprint density at radius 2 is 2.11 bits per heavy atom. The molecule has 0 saturated heterocycles. The first kappa shape index (κ1) is 15.3. The lowest BCUT2D eigenvalue weighted by Gasteiger charge is -2.15. The van der Waals surface area contributed by atoms with Crippen molar-refractivity contribution in [1.29, 1.82) is 0 Å². The Labute approximate surface area is 117 Å². The molecule has 100 valence electrons. The van der Waals surface area contributed by atoms with Crippen molar-refractivity contribution in [3.05, 3.63) is 33.8 Å². The second kappa shape index (κ2) is 7.62. The Kier molecular flexibility index (Phi) is 6.47. The molecule has 5 heteroatoms. The predicted octanol–water partition coefficient (Wildman–Crippen LogP) is 2.81. The van der Waals surface area contributed by atoms with Crippen LogP contribution in [0.5, 0.6) is 0 Å². The zero-order chi connectivity index (χ0) is 13.5. The molecule has 1 aromatic rings. The van der Waals surface area contributed by atoms with Gasteiger partial charge in [-0.2, -0.15) is 0 Å². The van der Waals surface area contributed by atoms with Crippen molar-refractivity contribution in [2.45, 2.75) is 32.2 Å². The highest BCUT2D eigenvalue weighted by atomic mass is 35.5. The molecule has 0 aliphatic carbocycles. The zero-order valence-electron chi connectivity index (χ0n) is 10.2. The van der Waals surface area contributed by atoms with E-state index in [0.717, 1.165) is 12.0 Å². The van der Waals surface area contributed by atoms with Crippen LogP contribution in [0.15, 0.2) is 18.2 Å². The summed E-state index contributed by atoms with van der Waals surface area (Å²) in [6, 6.07) is 5.17. The van der Waals surface area contributed by atoms with Gasteiger partial charge in [-0.1, -0.05) is 36.2 Å². The first-order valence-electron chi connectivity index (χ1n) is 5.91. The third-order valence-corrected chi connectivity index (χ3v) is 3.42. The van der Waals surface area contributed by atoms with Crippen molar-refractivity contribution in [2.75, 3.05) is 6.61 Å². The molecule has 0 saturated carbocycles. The molecule has 1 aromatic carbocycles. The van der Waals surface area contributed by atoms with Crippen LogP contribution in [0.3, 0.4) is 0 Å². The molecule has 0 fully saturated rings. The van der Waals surface area contributed by atoms with Crippen molar-refractivity contribution >= 4 is 29.1 Å². The summed E-state index contributed by atoms with van der Waals surface area (Å²) in [5.41, 5.74) is 0.820. The number of nitrogens with one attached hydrogen (secondary N) is 1. The average molecular weight is 290 g/mol. The van der Waals surface area contributed by atoms with Crippen LogP contribution in [0.25, 0.3) is 0 Å². The molecule has 0 bridgehead atoms. The maximum absolute atomic E-state index is 11.8. The van der Waals surface area contributed by atoms with Crippen LogP contribution < -0.4 is 5.32 Å². The average Bonchev–Trinajstić information content (AvgIpc) is 2.33. The normalized spacial score (nSPS) is 12.2. The number of rotatable bonds is 6. The minimum absolute atomic E-state index is 0.0188. The molecule has 0 aromatic heterocycles. The van der Waals surface area contributed by atoms with Crippen molar-refractivity contribution < 1.29 is 9.90 Å². The Balaban J connectivity index is 2.55. The fraction of sp³-hybridized carbons (Fsp3) is 0.462. The van der Waals surface area contributed by atoms with E-state index in [1.54, 1.807) is 18.2 Å². The molecule has 1 unspecified atom stereocenters. The van der Waals surface area contributed by atoms with Crippen LogP contribution >= 0.6 is 23.2 Å². The fourth-order valence-electron chi connectivity index (χ4n) is 1.65. The minimum atomic E-state index is -0.0753. The van der Waals surface area contributed by atoms with Crippen LogP contribution in [0.1, 0.15) is 25.3 Å². The molecule has 0 aliphatic heterocycles. The summed E-state index contributed by atoms with van der Waals surface area (Å²) in [6.45, 7) is 2.05. The number of carbonyl (C=O) groups is 1. The number of hydrogen-bond donors (Lipinski definition) is 2. The maximum Gasteiger partial charge on any atom is 0.224 e. The van der Waals surface area contributed by atoms with Gasteiger partial charge in [0.1, 0.15) is 0 Å². The van der Waals surface area contributed by atoms with Gasteiger partial charge in [-0.25, -0.2) is 0 Å². The van der Waals surface area contributed by atoms with Gasteiger partial charge in [0.15, 0.2) is 0 Å². The topological polar surface area (TPSA) is 49.3 Å². The molecule has 1 rings (SSSR count). The van der Waals surface area contributed by atoms with Gasteiger partial charge in [-0.05, 0) is 30.5 Å². The van der Waals surface area contributed by atoms with Crippen molar-refractivity contribution in [3.63, 3.8) is 0 Å². The van der Waals surface area contributed by atoms with E-state index in [9.17, 15) is 4.79 Å². The number of hydrogen-bond acceptors (Lipinski definition) is 2. The van der Waals surface area contributed by atoms with E-state index in [1.807, 2.05) is 6.92 Å². The van der Waals surface area contributed by atoms with Crippen LogP contribution in [-0.4, -0.2) is 23.7 Å². The van der Waals surface area contributed by atoms with Crippen LogP contribution in [-0.2, 0) is 11.2 Å². The molecule has 1 atom stereocenters. The third-order valence-electron chi connectivity index (χ3n) is 2.68. The summed E-state index contributed by atoms with van der Waals surface area (Å²) in [7, 11) is 0. The predicted molar refractivity (Wildman–Crippen MR) is 74.1 cm³/mol. The van der Waals surface area contributed by atoms with Crippen LogP contribution in [0.2, 0.25) is 10.0 Å². The first-order chi connectivity index (χ1) is 8.56. The lowest BCUT2D eigenvalue weighted by Crippen LogP contribution is -2.36. The number of amides is 1. The first-order valence-corrected chi connectivity index (χ1v) is 6.66. The smallest absolute Gasteiger partial charge is 0.224 e. The zero-order valence-corrected chi connectivity index (χ0v) is 11.8. The molecular formula is C13H17Cl2NO2. The van der Waals surface area contributed by atoms with Gasteiger partial charge in [0.25, 0.3) is 0 Å². The SMILES string of the molecule is CCC(CCO)NC(=O)Cc1ccc(Cl)c(Cl)c1. The van der Waals surface area contributed by atoms with E-state index < -0.39 is 0 Å². The monoisotopic (exact) mass is 289 g/mol. The highest BCUT2D eigenvalue weighted by Gasteiger charge is 2.11. The largest absolute Gasteiger partial charge is 0.396 e. The lowest BCUT2D eigenvalue weighted by atomic mass is 10.1. The van der Waals surface area contributed by atoms with E-state index in [1.165, 1.54) is 0 Å². The Bertz CT molecular complexity index is 410. The van der Waals surface area contributed by atoms with Gasteiger partial charge < -0.3 is 10.4 Å². The van der Waals surface area contributed by atoms with Gasteiger partial charge in [0, 0.05) is 12.6 Å². The van der Waals surface area contributed by atoms with Gasteiger partial charge in [-0.3, -0.25) is 4.79 Å². The molecule has 0 spiro atoms. The van der Waals surface area contributed by atoms with Gasteiger partial charge in [0.05, 0.1) is 16.5 Å². The standard InChI is InChI=1S/C13H17Cl2NO2/c1-2-10(5-6-17)16-13(18)8-9-3-4-11(14)12(15)7-9/h3-4,7,10,17H,2,5-6,8H2,1H3,(H,16,18). The summed E-state index contributed by atoms with van der Waals surface area (Å²) in [6.07, 6.45) is 1.64. The Morgan fingerprint density at radius 1 is 1.39 bits per heavy atom. The summed E-state index contributed by atoms with van der Waals surface area (Å²) in [4.78, 5) is 11.8. The van der Waals surface area contributed by atoms with E-state index >= 15 is 0 Å². The minimum Gasteiger partial charge on any atom is -0.396 e. The molecule has 3 nitrogen and oxygen atoms in total. The summed E-state index contributed by atoms with van der Waals surface area (Å²) in [5.74, 6) is -0.0753. The summed E-state index contributed by atoms with van der Waals surface area (Å²) >= 11 is 11.7. The molecule has 0 aliphatic rings. The molecule has 0 heterocycles. The van der Waals surface area contributed by atoms with Gasteiger partial charge >= 0.3 is 0 Å². The van der Waals surface area contributed by atoms with Gasteiger partial charge in [-0.15, -0.1) is 0 Å². The molecule has 1 amide bonds. The maximum atomic E-state index is 11.8. The molecule has 2 N–H and O–H groups in total. The number of benzene rings is 1. The summed E-state index contributed by atoms with van der Waals surface area (Å²) in [5, 5.41) is 12.7. The Hall–Kier alpha value is -0.770. The summed E-state index contributed by atoms with van der Waals surface area (Å²) < 4.78 is 0. The van der Waals surface area contributed by atoms with E-state index in [-0.39, 0.29) is 25.0 Å². The number of carbonyl (C=O) groups excluding carboxylic acids is 1. The van der Waals surface area contributed by atoms with Gasteiger partial charge in [0.2, 0.25) is 5.91 Å². The van der Waals surface area contributed by atoms with Crippen LogP contribution in [0.4, 0.5) is 0 Å². The second-order valence-electron chi connectivity index (χ2n) is 4.11. The fourth-order valence-corrected chi connectivity index (χ4v) is 1.97. The van der Waals surface area contributed by atoms with Crippen molar-refractivity contribution in [2.24, 2.45) is 0 Å². The molecule has 0 radical (unpaired) electrons. The third kappa shape index (κ3) is 4.84.